The third kappa shape index (κ3) is 3.66. The highest BCUT2D eigenvalue weighted by molar-refractivity contribution is 7.20. The van der Waals surface area contributed by atoms with Gasteiger partial charge in [0.15, 0.2) is 0 Å². The molecule has 0 saturated carbocycles. The Morgan fingerprint density at radius 3 is 2.75 bits per heavy atom. The highest BCUT2D eigenvalue weighted by Crippen LogP contribution is 2.28. The summed E-state index contributed by atoms with van der Waals surface area (Å²) >= 11 is 1.51. The normalized spacial score (nSPS) is 11.3. The van der Waals surface area contributed by atoms with Gasteiger partial charge >= 0.3 is 0 Å². The Kier molecular flexibility index (Phi) is 4.97. The van der Waals surface area contributed by atoms with Crippen LogP contribution in [-0.4, -0.2) is 47.8 Å². The Morgan fingerprint density at radius 1 is 1.29 bits per heavy atom. The molecule has 24 heavy (non-hydrogen) atoms. The lowest BCUT2D eigenvalue weighted by Gasteiger charge is -2.09. The predicted molar refractivity (Wildman–Crippen MR) is 98.8 cm³/mol. The van der Waals surface area contributed by atoms with Gasteiger partial charge in [-0.3, -0.25) is 9.48 Å². The van der Waals surface area contributed by atoms with Crippen LogP contribution in [0.15, 0.2) is 36.4 Å². The summed E-state index contributed by atoms with van der Waals surface area (Å²) < 4.78 is 1.99. The summed E-state index contributed by atoms with van der Waals surface area (Å²) in [4.78, 5) is 16.2. The van der Waals surface area contributed by atoms with E-state index in [9.17, 15) is 4.79 Å². The van der Waals surface area contributed by atoms with Crippen LogP contribution in [-0.2, 0) is 6.54 Å². The average molecular weight is 342 g/mol. The number of hydrogen-bond donors (Lipinski definition) is 1. The molecular weight excluding hydrogens is 320 g/mol. The molecule has 6 heteroatoms. The number of fused-ring (bicyclic) bond motifs is 1. The van der Waals surface area contributed by atoms with Gasteiger partial charge in [0.05, 0.1) is 17.1 Å². The van der Waals surface area contributed by atoms with Gasteiger partial charge in [0.25, 0.3) is 5.91 Å². The van der Waals surface area contributed by atoms with Gasteiger partial charge in [0.1, 0.15) is 4.83 Å². The molecule has 1 N–H and O–H groups in total. The molecule has 3 aromatic rings. The van der Waals surface area contributed by atoms with E-state index < -0.39 is 0 Å². The van der Waals surface area contributed by atoms with Crippen molar-refractivity contribution in [1.82, 2.24) is 20.0 Å². The first-order chi connectivity index (χ1) is 11.5. The van der Waals surface area contributed by atoms with E-state index in [4.69, 9.17) is 0 Å². The number of nitrogens with zero attached hydrogens (tertiary/aromatic N) is 3. The van der Waals surface area contributed by atoms with Crippen LogP contribution in [0.2, 0.25) is 0 Å². The zero-order valence-electron chi connectivity index (χ0n) is 14.2. The maximum atomic E-state index is 12.3. The molecule has 1 aromatic carbocycles. The monoisotopic (exact) mass is 342 g/mol. The molecule has 0 bridgehead atoms. The van der Waals surface area contributed by atoms with Gasteiger partial charge in [-0.2, -0.15) is 5.10 Å². The summed E-state index contributed by atoms with van der Waals surface area (Å²) in [7, 11) is 3.99. The quantitative estimate of drug-likeness (QED) is 0.749. The van der Waals surface area contributed by atoms with E-state index in [-0.39, 0.29) is 5.91 Å². The highest BCUT2D eigenvalue weighted by atomic mass is 32.1. The van der Waals surface area contributed by atoms with E-state index in [2.05, 4.69) is 22.5 Å². The Morgan fingerprint density at radius 2 is 2.04 bits per heavy atom. The molecule has 0 aliphatic carbocycles. The molecule has 0 unspecified atom stereocenters. The van der Waals surface area contributed by atoms with Gasteiger partial charge in [-0.15, -0.1) is 11.3 Å². The number of likely N-dealkylation sites (N-methyl/N-ethyl adjacent to an activating group) is 1. The summed E-state index contributed by atoms with van der Waals surface area (Å²) in [6.07, 6.45) is 0. The van der Waals surface area contributed by atoms with Gasteiger partial charge in [0.2, 0.25) is 0 Å². The molecule has 0 spiro atoms. The molecule has 126 valence electrons. The second-order valence-electron chi connectivity index (χ2n) is 6.12. The first kappa shape index (κ1) is 16.7. The number of benzene rings is 1. The number of hydrogen-bond acceptors (Lipinski definition) is 4. The maximum absolute atomic E-state index is 12.3. The largest absolute Gasteiger partial charge is 0.350 e. The van der Waals surface area contributed by atoms with Crippen molar-refractivity contribution in [3.05, 3.63) is 52.5 Å². The maximum Gasteiger partial charge on any atom is 0.261 e. The SMILES string of the molecule is Cc1nn(Cc2ccccc2)c2sc(C(=O)NCCN(C)C)cc12. The topological polar surface area (TPSA) is 50.2 Å². The van der Waals surface area contributed by atoms with Crippen molar-refractivity contribution in [1.29, 1.82) is 0 Å². The minimum Gasteiger partial charge on any atom is -0.350 e. The molecule has 0 radical (unpaired) electrons. The fraction of sp³-hybridized carbons (Fsp3) is 0.333. The zero-order chi connectivity index (χ0) is 17.1. The van der Waals surface area contributed by atoms with Crippen molar-refractivity contribution in [2.45, 2.75) is 13.5 Å². The van der Waals surface area contributed by atoms with Crippen LogP contribution >= 0.6 is 11.3 Å². The lowest BCUT2D eigenvalue weighted by molar-refractivity contribution is 0.0955. The number of aryl methyl sites for hydroxylation is 1. The van der Waals surface area contributed by atoms with Crippen LogP contribution in [0.5, 0.6) is 0 Å². The van der Waals surface area contributed by atoms with Gasteiger partial charge in [-0.25, -0.2) is 0 Å². The smallest absolute Gasteiger partial charge is 0.261 e. The van der Waals surface area contributed by atoms with Crippen LogP contribution in [0.1, 0.15) is 20.9 Å². The van der Waals surface area contributed by atoms with Crippen molar-refractivity contribution in [2.24, 2.45) is 0 Å². The van der Waals surface area contributed by atoms with Crippen LogP contribution < -0.4 is 5.32 Å². The van der Waals surface area contributed by atoms with E-state index >= 15 is 0 Å². The summed E-state index contributed by atoms with van der Waals surface area (Å²) in [5, 5.41) is 8.65. The second-order valence-corrected chi connectivity index (χ2v) is 7.15. The standard InChI is InChI=1S/C18H22N4OS/c1-13-15-11-16(17(23)19-9-10-21(2)3)24-18(15)22(20-13)12-14-7-5-4-6-8-14/h4-8,11H,9-10,12H2,1-3H3,(H,19,23). The van der Waals surface area contributed by atoms with E-state index in [1.807, 2.05) is 54.9 Å². The Hall–Kier alpha value is -2.18. The van der Waals surface area contributed by atoms with E-state index in [1.165, 1.54) is 16.9 Å². The van der Waals surface area contributed by atoms with Gasteiger partial charge in [-0.1, -0.05) is 30.3 Å². The van der Waals surface area contributed by atoms with Gasteiger partial charge < -0.3 is 10.2 Å². The summed E-state index contributed by atoms with van der Waals surface area (Å²) in [5.41, 5.74) is 2.16. The molecule has 0 atom stereocenters. The number of carbonyl (C=O) groups is 1. The molecule has 2 aromatic heterocycles. The predicted octanol–water partition coefficient (Wildman–Crippen LogP) is 2.75. The Bertz CT molecular complexity index is 835. The summed E-state index contributed by atoms with van der Waals surface area (Å²) in [5.74, 6) is -0.0105. The number of carbonyl (C=O) groups excluding carboxylic acids is 1. The molecule has 0 aliphatic heterocycles. The zero-order valence-corrected chi connectivity index (χ0v) is 15.1. The van der Waals surface area contributed by atoms with Crippen molar-refractivity contribution in [2.75, 3.05) is 27.2 Å². The number of nitrogens with one attached hydrogen (secondary N) is 1. The molecule has 2 heterocycles. The fourth-order valence-corrected chi connectivity index (χ4v) is 3.65. The minimum atomic E-state index is -0.0105. The molecule has 0 aliphatic rings. The van der Waals surface area contributed by atoms with Crippen LogP contribution in [0.3, 0.4) is 0 Å². The van der Waals surface area contributed by atoms with Crippen molar-refractivity contribution in [3.63, 3.8) is 0 Å². The van der Waals surface area contributed by atoms with Crippen molar-refractivity contribution in [3.8, 4) is 0 Å². The lowest BCUT2D eigenvalue weighted by Crippen LogP contribution is -2.30. The Balaban J connectivity index is 1.80. The second kappa shape index (κ2) is 7.15. The van der Waals surface area contributed by atoms with Crippen LogP contribution in [0.4, 0.5) is 0 Å². The van der Waals surface area contributed by atoms with E-state index in [0.29, 0.717) is 13.1 Å². The first-order valence-electron chi connectivity index (χ1n) is 7.98. The Labute approximate surface area is 145 Å². The van der Waals surface area contributed by atoms with Crippen LogP contribution in [0.25, 0.3) is 10.2 Å². The fourth-order valence-electron chi connectivity index (χ4n) is 2.57. The number of rotatable bonds is 6. The number of thiophene rings is 1. The molecule has 1 amide bonds. The number of aromatic nitrogens is 2. The van der Waals surface area contributed by atoms with E-state index in [0.717, 1.165) is 27.3 Å². The van der Waals surface area contributed by atoms with Crippen molar-refractivity contribution >= 4 is 27.5 Å². The third-order valence-corrected chi connectivity index (χ3v) is 5.00. The van der Waals surface area contributed by atoms with Crippen molar-refractivity contribution < 1.29 is 4.79 Å². The summed E-state index contributed by atoms with van der Waals surface area (Å²) in [6.45, 7) is 4.18. The minimum absolute atomic E-state index is 0.0105. The number of amides is 1. The van der Waals surface area contributed by atoms with Gasteiger partial charge in [0, 0.05) is 18.5 Å². The molecule has 5 nitrogen and oxygen atoms in total. The summed E-state index contributed by atoms with van der Waals surface area (Å²) in [6, 6.07) is 12.2. The molecule has 3 rings (SSSR count). The van der Waals surface area contributed by atoms with Crippen LogP contribution in [0, 0.1) is 6.92 Å². The van der Waals surface area contributed by atoms with E-state index in [1.54, 1.807) is 0 Å². The third-order valence-electron chi connectivity index (χ3n) is 3.85. The molecule has 0 saturated heterocycles. The first-order valence-corrected chi connectivity index (χ1v) is 8.80. The highest BCUT2D eigenvalue weighted by Gasteiger charge is 2.16. The molecule has 0 fully saturated rings. The lowest BCUT2D eigenvalue weighted by atomic mass is 10.2. The van der Waals surface area contributed by atoms with Gasteiger partial charge in [-0.05, 0) is 32.6 Å². The average Bonchev–Trinajstić information content (AvgIpc) is 3.10. The molecular formula is C18H22N4OS.